The Morgan fingerprint density at radius 1 is 1.07 bits per heavy atom. The number of ketones is 1. The van der Waals surface area contributed by atoms with Crippen molar-refractivity contribution in [2.24, 2.45) is 17.8 Å². The Morgan fingerprint density at radius 2 is 1.78 bits per heavy atom. The predicted molar refractivity (Wildman–Crippen MR) is 227 cm³/mol. The number of nitrogens with one attached hydrogen (secondary N) is 1. The number of nitrogen functional groups attached to an aromatic ring is 1. The minimum atomic E-state index is -1.23. The topological polar surface area (TPSA) is 193 Å². The number of benzene rings is 1. The van der Waals surface area contributed by atoms with Crippen molar-refractivity contribution in [2.45, 2.75) is 160 Å². The maximum absolute atomic E-state index is 14.4. The van der Waals surface area contributed by atoms with Gasteiger partial charge in [0.15, 0.2) is 17.7 Å². The average Bonchev–Trinajstić information content (AvgIpc) is 3.80. The van der Waals surface area contributed by atoms with Crippen molar-refractivity contribution >= 4 is 23.5 Å². The van der Waals surface area contributed by atoms with E-state index in [1.165, 1.54) is 0 Å². The fourth-order valence-electron chi connectivity index (χ4n) is 9.61. The maximum Gasteiger partial charge on any atom is 0.410 e. The highest BCUT2D eigenvalue weighted by Gasteiger charge is 2.58. The number of methoxy groups -OCH3 is 1. The highest BCUT2D eigenvalue weighted by molar-refractivity contribution is 6.00. The number of aryl methyl sites for hydroxylation is 1. The minimum absolute atomic E-state index is 0.0130. The molecule has 1 amide bonds. The number of carbonyl (C=O) groups excluding carboxylic acids is 3. The number of Topliss-reactive ketones (excluding diaryl/α,β-unsaturated/α-hetero) is 1. The van der Waals surface area contributed by atoms with Gasteiger partial charge in [0, 0.05) is 49.5 Å². The molecule has 0 saturated carbocycles. The summed E-state index contributed by atoms with van der Waals surface area (Å²) < 4.78 is 33.5. The lowest BCUT2D eigenvalue weighted by Crippen LogP contribution is -2.61. The lowest BCUT2D eigenvalue weighted by molar-refractivity contribution is -0.298. The Bertz CT molecular complexity index is 1760. The Hall–Kier alpha value is -3.67. The molecule has 1 unspecified atom stereocenters. The van der Waals surface area contributed by atoms with E-state index in [1.807, 2.05) is 84.1 Å². The number of hydrogen-bond donors (Lipinski definition) is 3. The van der Waals surface area contributed by atoms with Crippen molar-refractivity contribution in [3.8, 4) is 11.3 Å². The van der Waals surface area contributed by atoms with Crippen LogP contribution >= 0.6 is 0 Å². The SMILES string of the molecule is CC[C@@H]1C[C@H](N(C)C)[C@@H](O)C(O[C@@H]2[C@H](C)C(=O)[C@@H](C)C(=O)O[C@H](CC)[C@@]3(C)OC(=O)N(CCCCn4cc(-c5cccc(N)c5)nn4)[C@@H]3[C@@H](C)NC[C@H](C)C[C@@]2(C)OC)O1. The maximum atomic E-state index is 14.4. The zero-order valence-corrected chi connectivity index (χ0v) is 37.6. The second-order valence-electron chi connectivity index (χ2n) is 18.0. The summed E-state index contributed by atoms with van der Waals surface area (Å²) in [7, 11) is 5.43. The van der Waals surface area contributed by atoms with Gasteiger partial charge in [-0.3, -0.25) is 19.2 Å². The predicted octanol–water partition coefficient (Wildman–Crippen LogP) is 4.67. The molecule has 0 aliphatic carbocycles. The molecule has 16 nitrogen and oxygen atoms in total. The van der Waals surface area contributed by atoms with Gasteiger partial charge in [-0.25, -0.2) is 4.79 Å². The normalized spacial score (nSPS) is 36.0. The van der Waals surface area contributed by atoms with Crippen molar-refractivity contribution in [3.63, 3.8) is 0 Å². The zero-order valence-electron chi connectivity index (χ0n) is 37.6. The summed E-state index contributed by atoms with van der Waals surface area (Å²) in [5.41, 5.74) is 5.95. The third kappa shape index (κ3) is 10.3. The number of hydrogen-bond acceptors (Lipinski definition) is 14. The molecule has 60 heavy (non-hydrogen) atoms. The quantitative estimate of drug-likeness (QED) is 0.116. The molecule has 3 aliphatic rings. The molecule has 0 bridgehead atoms. The van der Waals surface area contributed by atoms with Gasteiger partial charge >= 0.3 is 12.1 Å². The number of anilines is 1. The first-order valence-corrected chi connectivity index (χ1v) is 21.8. The van der Waals surface area contributed by atoms with Crippen LogP contribution in [0, 0.1) is 17.8 Å². The number of fused-ring (bicyclic) bond motifs is 1. The molecule has 3 saturated heterocycles. The van der Waals surface area contributed by atoms with Gasteiger partial charge < -0.3 is 44.7 Å². The first-order chi connectivity index (χ1) is 28.4. The standard InChI is InChI=1S/C44H71N7O9/c1-12-32-22-34(49(9)10)37(53)41(57-32)59-39-27(4)36(52)28(5)40(54)58-35(13-2)44(8)38(29(6)46-24-26(3)23-43(39,7)56-11)51(42(55)60-44)20-15-14-19-50-25-33(47-48-50)30-17-16-18-31(45)21-30/h16-18,21,25-29,32,34-35,37-39,41,46,53H,12-15,19-20,22-24,45H2,1-11H3/t26-,27-,28-,29-,32-,34+,35-,37-,38-,39-,41?,43-,44-/m1/s1. The fraction of sp³-hybridized carbons (Fsp3) is 0.750. The van der Waals surface area contributed by atoms with Gasteiger partial charge in [-0.1, -0.05) is 45.0 Å². The van der Waals surface area contributed by atoms with Gasteiger partial charge in [0.1, 0.15) is 23.8 Å². The monoisotopic (exact) mass is 842 g/mol. The van der Waals surface area contributed by atoms with Crippen molar-refractivity contribution < 1.29 is 43.2 Å². The fourth-order valence-corrected chi connectivity index (χ4v) is 9.61. The highest BCUT2D eigenvalue weighted by atomic mass is 16.7. The van der Waals surface area contributed by atoms with Crippen LogP contribution in [-0.4, -0.2) is 142 Å². The first-order valence-electron chi connectivity index (χ1n) is 21.8. The van der Waals surface area contributed by atoms with E-state index >= 15 is 0 Å². The molecule has 0 radical (unpaired) electrons. The lowest BCUT2D eigenvalue weighted by atomic mass is 9.78. The van der Waals surface area contributed by atoms with Crippen molar-refractivity contribution in [1.29, 1.82) is 0 Å². The van der Waals surface area contributed by atoms with Crippen LogP contribution in [0.5, 0.6) is 0 Å². The van der Waals surface area contributed by atoms with Crippen LogP contribution in [0.15, 0.2) is 30.5 Å². The number of esters is 1. The van der Waals surface area contributed by atoms with Gasteiger partial charge in [0.05, 0.1) is 30.0 Å². The minimum Gasteiger partial charge on any atom is -0.458 e. The highest BCUT2D eigenvalue weighted by Crippen LogP contribution is 2.40. The van der Waals surface area contributed by atoms with Crippen LogP contribution in [0.3, 0.4) is 0 Å². The summed E-state index contributed by atoms with van der Waals surface area (Å²) in [5, 5.41) is 23.8. The molecule has 3 aliphatic heterocycles. The number of nitrogens with zero attached hydrogens (tertiary/aromatic N) is 5. The number of likely N-dealkylation sites (N-methyl/N-ethyl adjacent to an activating group) is 1. The zero-order chi connectivity index (χ0) is 44.1. The van der Waals surface area contributed by atoms with Gasteiger partial charge in [0.25, 0.3) is 0 Å². The van der Waals surface area contributed by atoms with Gasteiger partial charge in [-0.05, 0) is 105 Å². The molecular weight excluding hydrogens is 771 g/mol. The van der Waals surface area contributed by atoms with Crippen molar-refractivity contribution in [2.75, 3.05) is 40.0 Å². The molecule has 5 rings (SSSR count). The van der Waals surface area contributed by atoms with Gasteiger partial charge in [-0.2, -0.15) is 0 Å². The van der Waals surface area contributed by atoms with Crippen LogP contribution < -0.4 is 11.1 Å². The number of aromatic nitrogens is 3. The lowest BCUT2D eigenvalue weighted by Gasteiger charge is -2.47. The van der Waals surface area contributed by atoms with Crippen LogP contribution in [-0.2, 0) is 39.8 Å². The Balaban J connectivity index is 1.38. The second kappa shape index (κ2) is 20.0. The first kappa shape index (κ1) is 47.4. The molecule has 336 valence electrons. The number of unbranched alkanes of at least 4 members (excludes halogenated alkanes) is 1. The van der Waals surface area contributed by atoms with Crippen LogP contribution in [0.25, 0.3) is 11.3 Å². The van der Waals surface area contributed by atoms with E-state index in [0.717, 1.165) is 17.7 Å². The second-order valence-corrected chi connectivity index (χ2v) is 18.0. The number of aliphatic hydroxyl groups excluding tert-OH is 1. The number of carbonyl (C=O) groups is 3. The summed E-state index contributed by atoms with van der Waals surface area (Å²) >= 11 is 0. The summed E-state index contributed by atoms with van der Waals surface area (Å²) in [5.74, 6) is -3.16. The van der Waals surface area contributed by atoms with Gasteiger partial charge in [-0.15, -0.1) is 5.10 Å². The molecule has 0 spiro atoms. The Morgan fingerprint density at radius 3 is 2.43 bits per heavy atom. The van der Waals surface area contributed by atoms with Crippen molar-refractivity contribution in [1.82, 2.24) is 30.1 Å². The number of aliphatic hydroxyl groups is 1. The number of ether oxygens (including phenoxy) is 5. The largest absolute Gasteiger partial charge is 0.458 e. The molecule has 1 aromatic carbocycles. The van der Waals surface area contributed by atoms with Crippen LogP contribution in [0.2, 0.25) is 0 Å². The molecule has 4 N–H and O–H groups in total. The molecule has 2 aromatic rings. The average molecular weight is 842 g/mol. The molecule has 1 aromatic heterocycles. The third-order valence-corrected chi connectivity index (χ3v) is 13.2. The molecule has 16 heteroatoms. The van der Waals surface area contributed by atoms with Crippen LogP contribution in [0.4, 0.5) is 10.5 Å². The molecule has 3 fully saturated rings. The smallest absolute Gasteiger partial charge is 0.410 e. The Kier molecular flexibility index (Phi) is 15.8. The van der Waals surface area contributed by atoms with E-state index in [2.05, 4.69) is 22.6 Å². The van der Waals surface area contributed by atoms with E-state index in [0.29, 0.717) is 57.4 Å². The summed E-state index contributed by atoms with van der Waals surface area (Å²) in [6, 6.07) is 6.46. The summed E-state index contributed by atoms with van der Waals surface area (Å²) in [6.45, 7) is 16.6. The molecular formula is C44H71N7O9. The van der Waals surface area contributed by atoms with Gasteiger partial charge in [0.2, 0.25) is 0 Å². The summed E-state index contributed by atoms with van der Waals surface area (Å²) in [4.78, 5) is 46.0. The van der Waals surface area contributed by atoms with Crippen molar-refractivity contribution in [3.05, 3.63) is 30.5 Å². The number of cyclic esters (lactones) is 1. The van der Waals surface area contributed by atoms with E-state index in [1.54, 1.807) is 30.5 Å². The van der Waals surface area contributed by atoms with Crippen LogP contribution in [0.1, 0.15) is 93.9 Å². The number of nitrogens with two attached hydrogens (primary N) is 1. The summed E-state index contributed by atoms with van der Waals surface area (Å²) in [6.07, 6.45) is 1.00. The van der Waals surface area contributed by atoms with E-state index < -0.39 is 71.5 Å². The number of amides is 1. The number of rotatable bonds is 12. The van der Waals surface area contributed by atoms with E-state index in [-0.39, 0.29) is 24.1 Å². The van der Waals surface area contributed by atoms with E-state index in [9.17, 15) is 19.5 Å². The Labute approximate surface area is 356 Å². The van der Waals surface area contributed by atoms with E-state index in [4.69, 9.17) is 29.4 Å². The molecule has 13 atom stereocenters. The third-order valence-electron chi connectivity index (χ3n) is 13.2. The molecule has 4 heterocycles.